The number of anilines is 1. The maximum absolute atomic E-state index is 13.6. The number of hydrogen-bond acceptors (Lipinski definition) is 9. The Balaban J connectivity index is 1.81. The number of piperidine rings is 1. The summed E-state index contributed by atoms with van der Waals surface area (Å²) in [5.74, 6) is -0.862. The predicted molar refractivity (Wildman–Crippen MR) is 186 cm³/mol. The highest BCUT2D eigenvalue weighted by atomic mass is 32.2. The lowest BCUT2D eigenvalue weighted by molar-refractivity contribution is -0.148. The molecule has 0 bridgehead atoms. The molecule has 46 heavy (non-hydrogen) atoms. The maximum Gasteiger partial charge on any atom is 0.310 e. The minimum atomic E-state index is -0.741. The van der Waals surface area contributed by atoms with Gasteiger partial charge in [-0.25, -0.2) is 0 Å². The number of unbranched alkanes of at least 4 members (excludes halogenated alkanes) is 8. The third-order valence-electron chi connectivity index (χ3n) is 8.59. The number of carboxylic acids is 1. The monoisotopic (exact) mass is 672 g/mol. The second-order valence-electron chi connectivity index (χ2n) is 12.0. The summed E-state index contributed by atoms with van der Waals surface area (Å²) in [7, 11) is 0. The Morgan fingerprint density at radius 2 is 1.74 bits per heavy atom. The number of carbonyl (C=O) groups is 3. The van der Waals surface area contributed by atoms with Crippen molar-refractivity contribution >= 4 is 58.0 Å². The van der Waals surface area contributed by atoms with Gasteiger partial charge in [-0.2, -0.15) is 5.26 Å². The van der Waals surface area contributed by atoms with Crippen LogP contribution in [0.25, 0.3) is 6.08 Å². The normalized spacial score (nSPS) is 17.5. The van der Waals surface area contributed by atoms with E-state index in [1.54, 1.807) is 29.4 Å². The second-order valence-corrected chi connectivity index (χ2v) is 13.7. The number of rotatable bonds is 18. The van der Waals surface area contributed by atoms with Crippen LogP contribution in [0.5, 0.6) is 0 Å². The van der Waals surface area contributed by atoms with Crippen molar-refractivity contribution in [2.24, 2.45) is 5.92 Å². The van der Waals surface area contributed by atoms with Crippen LogP contribution in [-0.4, -0.2) is 63.0 Å². The Kier molecular flexibility index (Phi) is 15.3. The van der Waals surface area contributed by atoms with E-state index in [0.29, 0.717) is 65.4 Å². The first-order chi connectivity index (χ1) is 22.1. The molecule has 0 aliphatic carbocycles. The van der Waals surface area contributed by atoms with E-state index in [2.05, 4.69) is 11.0 Å². The standard InChI is InChI=1S/C34H48N4O6S2/c1-4-6-19-37-30(36-18-15-16-25(23-36)33(43)44-5-2)26(24(3)27(22-35)31(37)41)21-28-32(42)38(34(45)46-28)20-14-12-10-8-7-9-11-13-17-29(39)40/h21,25H,4-20,23H2,1-3H3,(H,39,40)/b28-21+. The summed E-state index contributed by atoms with van der Waals surface area (Å²) in [6.45, 7) is 7.85. The van der Waals surface area contributed by atoms with E-state index in [9.17, 15) is 24.4 Å². The number of esters is 1. The van der Waals surface area contributed by atoms with E-state index >= 15 is 0 Å². The molecule has 0 aromatic carbocycles. The molecule has 12 heteroatoms. The number of thiocarbonyl (C=S) groups is 1. The Labute approximate surface area is 282 Å². The van der Waals surface area contributed by atoms with Crippen LogP contribution < -0.4 is 10.5 Å². The van der Waals surface area contributed by atoms with Crippen LogP contribution >= 0.6 is 24.0 Å². The topological polar surface area (TPSA) is 133 Å². The molecule has 2 aliphatic heterocycles. The summed E-state index contributed by atoms with van der Waals surface area (Å²) in [5.41, 5.74) is 0.858. The molecule has 3 heterocycles. The zero-order valence-electron chi connectivity index (χ0n) is 27.5. The van der Waals surface area contributed by atoms with Crippen LogP contribution in [0, 0.1) is 24.2 Å². The van der Waals surface area contributed by atoms with E-state index in [4.69, 9.17) is 22.1 Å². The van der Waals surface area contributed by atoms with Crippen LogP contribution in [-0.2, 0) is 25.7 Å². The summed E-state index contributed by atoms with van der Waals surface area (Å²) in [6.07, 6.45) is 12.8. The SMILES string of the molecule is CCCCn1c(N2CCCC(C(=O)OCC)C2)c(/C=C2/SC(=S)N(CCCCCCCCCCC(=O)O)C2=O)c(C)c(C#N)c1=O. The van der Waals surface area contributed by atoms with Gasteiger partial charge in [-0.15, -0.1) is 0 Å². The molecule has 0 radical (unpaired) electrons. The fraction of sp³-hybridized carbons (Fsp3) is 0.647. The molecule has 1 N–H and O–H groups in total. The minimum Gasteiger partial charge on any atom is -0.481 e. The summed E-state index contributed by atoms with van der Waals surface area (Å²) in [6, 6.07) is 2.10. The molecule has 1 aromatic rings. The molecule has 3 rings (SSSR count). The number of thioether (sulfide) groups is 1. The molecular formula is C34H48N4O6S2. The van der Waals surface area contributed by atoms with Crippen molar-refractivity contribution in [3.8, 4) is 6.07 Å². The molecule has 1 amide bonds. The first-order valence-corrected chi connectivity index (χ1v) is 17.9. The van der Waals surface area contributed by atoms with Crippen molar-refractivity contribution < 1.29 is 24.2 Å². The highest BCUT2D eigenvalue weighted by molar-refractivity contribution is 8.26. The average Bonchev–Trinajstić information content (AvgIpc) is 3.30. The number of hydrogen-bond donors (Lipinski definition) is 1. The lowest BCUT2D eigenvalue weighted by Crippen LogP contribution is -2.43. The molecule has 0 spiro atoms. The average molecular weight is 673 g/mol. The lowest BCUT2D eigenvalue weighted by atomic mass is 9.96. The maximum atomic E-state index is 13.6. The zero-order chi connectivity index (χ0) is 33.6. The Morgan fingerprint density at radius 3 is 2.37 bits per heavy atom. The van der Waals surface area contributed by atoms with Gasteiger partial charge >= 0.3 is 11.9 Å². The van der Waals surface area contributed by atoms with Crippen molar-refractivity contribution in [3.05, 3.63) is 31.9 Å². The number of aromatic nitrogens is 1. The first kappa shape index (κ1) is 37.3. The fourth-order valence-corrected chi connectivity index (χ4v) is 7.35. The number of nitrogens with zero attached hydrogens (tertiary/aromatic N) is 4. The third-order valence-corrected chi connectivity index (χ3v) is 9.97. The molecule has 2 aliphatic rings. The smallest absolute Gasteiger partial charge is 0.310 e. The summed E-state index contributed by atoms with van der Waals surface area (Å²) >= 11 is 6.86. The van der Waals surface area contributed by atoms with Crippen LogP contribution in [0.1, 0.15) is 114 Å². The van der Waals surface area contributed by atoms with E-state index in [-0.39, 0.29) is 35.3 Å². The number of carboxylic acid groups (broad SMARTS) is 1. The van der Waals surface area contributed by atoms with E-state index in [1.807, 2.05) is 6.92 Å². The van der Waals surface area contributed by atoms with Gasteiger partial charge in [0, 0.05) is 38.2 Å². The van der Waals surface area contributed by atoms with Crippen LogP contribution in [0.2, 0.25) is 0 Å². The summed E-state index contributed by atoms with van der Waals surface area (Å²) in [5, 5.41) is 18.7. The van der Waals surface area contributed by atoms with Crippen molar-refractivity contribution in [3.63, 3.8) is 0 Å². The minimum absolute atomic E-state index is 0.0578. The van der Waals surface area contributed by atoms with Gasteiger partial charge in [0.1, 0.15) is 21.8 Å². The Morgan fingerprint density at radius 1 is 1.07 bits per heavy atom. The number of ether oxygens (including phenoxy) is 1. The lowest BCUT2D eigenvalue weighted by Gasteiger charge is -2.36. The van der Waals surface area contributed by atoms with Crippen molar-refractivity contribution in [1.82, 2.24) is 9.47 Å². The summed E-state index contributed by atoms with van der Waals surface area (Å²) in [4.78, 5) is 54.7. The second kappa shape index (κ2) is 18.8. The molecular weight excluding hydrogens is 625 g/mol. The number of nitriles is 1. The third kappa shape index (κ3) is 9.91. The van der Waals surface area contributed by atoms with Gasteiger partial charge < -0.3 is 14.7 Å². The van der Waals surface area contributed by atoms with Crippen molar-refractivity contribution in [2.75, 3.05) is 31.1 Å². The number of amides is 1. The van der Waals surface area contributed by atoms with Gasteiger partial charge in [0.15, 0.2) is 0 Å². The van der Waals surface area contributed by atoms with Gasteiger partial charge in [-0.05, 0) is 57.6 Å². The number of aliphatic carboxylic acids is 1. The van der Waals surface area contributed by atoms with Gasteiger partial charge in [0.25, 0.3) is 11.5 Å². The van der Waals surface area contributed by atoms with Gasteiger partial charge in [-0.1, -0.05) is 75.8 Å². The molecule has 1 unspecified atom stereocenters. The van der Waals surface area contributed by atoms with Gasteiger partial charge in [0.2, 0.25) is 0 Å². The van der Waals surface area contributed by atoms with Crippen LogP contribution in [0.3, 0.4) is 0 Å². The van der Waals surface area contributed by atoms with Gasteiger partial charge in [-0.3, -0.25) is 28.6 Å². The van der Waals surface area contributed by atoms with E-state index < -0.39 is 5.97 Å². The van der Waals surface area contributed by atoms with Crippen LogP contribution in [0.15, 0.2) is 9.70 Å². The fourth-order valence-electron chi connectivity index (χ4n) is 6.06. The van der Waals surface area contributed by atoms with Gasteiger partial charge in [0.05, 0.1) is 17.4 Å². The molecule has 2 fully saturated rings. The first-order valence-electron chi connectivity index (χ1n) is 16.7. The highest BCUT2D eigenvalue weighted by Gasteiger charge is 2.34. The van der Waals surface area contributed by atoms with Crippen LogP contribution in [0.4, 0.5) is 5.82 Å². The largest absolute Gasteiger partial charge is 0.481 e. The number of carbonyl (C=O) groups excluding carboxylic acids is 2. The molecule has 1 aromatic heterocycles. The summed E-state index contributed by atoms with van der Waals surface area (Å²) < 4.78 is 7.47. The molecule has 2 saturated heterocycles. The van der Waals surface area contributed by atoms with E-state index in [0.717, 1.165) is 70.6 Å². The van der Waals surface area contributed by atoms with Crippen molar-refractivity contribution in [1.29, 1.82) is 5.26 Å². The molecule has 1 atom stereocenters. The molecule has 252 valence electrons. The quantitative estimate of drug-likeness (QED) is 0.0808. The zero-order valence-corrected chi connectivity index (χ0v) is 29.1. The van der Waals surface area contributed by atoms with Crippen molar-refractivity contribution in [2.45, 2.75) is 111 Å². The highest BCUT2D eigenvalue weighted by Crippen LogP contribution is 2.37. The predicted octanol–water partition coefficient (Wildman–Crippen LogP) is 6.40. The Bertz CT molecular complexity index is 1400. The molecule has 10 nitrogen and oxygen atoms in total. The number of pyridine rings is 1. The van der Waals surface area contributed by atoms with E-state index in [1.165, 1.54) is 11.8 Å². The Hall–Kier alpha value is -3.17. The molecule has 0 saturated carbocycles.